The van der Waals surface area contributed by atoms with Crippen LogP contribution in [0.3, 0.4) is 0 Å². The van der Waals surface area contributed by atoms with Gasteiger partial charge in [-0.1, -0.05) is 59.2 Å². The van der Waals surface area contributed by atoms with Gasteiger partial charge in [0.25, 0.3) is 0 Å². The van der Waals surface area contributed by atoms with Crippen LogP contribution in [0.5, 0.6) is 0 Å². The molecule has 0 bridgehead atoms. The summed E-state index contributed by atoms with van der Waals surface area (Å²) in [5.74, 6) is 1.01. The number of benzene rings is 2. The molecule has 0 aromatic heterocycles. The maximum atomic E-state index is 5.96. The van der Waals surface area contributed by atoms with Crippen LogP contribution in [0.25, 0.3) is 0 Å². The highest BCUT2D eigenvalue weighted by atomic mass is 32.2. The summed E-state index contributed by atoms with van der Waals surface area (Å²) in [6, 6.07) is 15.4. The minimum absolute atomic E-state index is 0.371. The lowest BCUT2D eigenvalue weighted by Gasteiger charge is -2.16. The number of thioether (sulfide) groups is 1. The Morgan fingerprint density at radius 1 is 0.950 bits per heavy atom. The average molecular weight is 285 g/mol. The molecular weight excluding hydrogens is 262 g/mol. The highest BCUT2D eigenvalue weighted by Gasteiger charge is 2.10. The van der Waals surface area contributed by atoms with E-state index < -0.39 is 0 Å². The van der Waals surface area contributed by atoms with Gasteiger partial charge in [-0.2, -0.15) is 0 Å². The monoisotopic (exact) mass is 285 g/mol. The van der Waals surface area contributed by atoms with Crippen molar-refractivity contribution in [2.24, 2.45) is 5.73 Å². The molecule has 1 unspecified atom stereocenters. The van der Waals surface area contributed by atoms with Crippen LogP contribution >= 0.6 is 11.8 Å². The lowest BCUT2D eigenvalue weighted by Crippen LogP contribution is -2.09. The van der Waals surface area contributed by atoms with Crippen molar-refractivity contribution in [3.05, 3.63) is 70.3 Å². The fraction of sp³-hybridized carbons (Fsp3) is 0.333. The van der Waals surface area contributed by atoms with Gasteiger partial charge in [-0.25, -0.2) is 0 Å². The molecule has 0 aliphatic carbocycles. The molecule has 0 saturated heterocycles. The van der Waals surface area contributed by atoms with Crippen molar-refractivity contribution in [2.45, 2.75) is 31.8 Å². The van der Waals surface area contributed by atoms with Crippen LogP contribution in [-0.4, -0.2) is 6.54 Å². The van der Waals surface area contributed by atoms with E-state index in [1.165, 1.54) is 27.8 Å². The van der Waals surface area contributed by atoms with Crippen molar-refractivity contribution < 1.29 is 0 Å². The quantitative estimate of drug-likeness (QED) is 0.872. The summed E-state index contributed by atoms with van der Waals surface area (Å²) in [5.41, 5.74) is 12.6. The van der Waals surface area contributed by atoms with E-state index in [9.17, 15) is 0 Å². The summed E-state index contributed by atoms with van der Waals surface area (Å²) >= 11 is 1.93. The van der Waals surface area contributed by atoms with E-state index in [0.29, 0.717) is 11.8 Å². The highest BCUT2D eigenvalue weighted by molar-refractivity contribution is 7.98. The lowest BCUT2D eigenvalue weighted by atomic mass is 10.1. The molecule has 2 N–H and O–H groups in total. The summed E-state index contributed by atoms with van der Waals surface area (Å²) in [6.45, 7) is 7.12. The number of aryl methyl sites for hydroxylation is 3. The maximum absolute atomic E-state index is 5.96. The molecule has 0 fully saturated rings. The zero-order valence-electron chi connectivity index (χ0n) is 12.5. The van der Waals surface area contributed by atoms with E-state index in [4.69, 9.17) is 5.73 Å². The second-order valence-corrected chi connectivity index (χ2v) is 6.64. The maximum Gasteiger partial charge on any atom is 0.0423 e. The van der Waals surface area contributed by atoms with Crippen molar-refractivity contribution in [1.82, 2.24) is 0 Å². The molecule has 0 aliphatic rings. The molecule has 20 heavy (non-hydrogen) atoms. The van der Waals surface area contributed by atoms with Gasteiger partial charge in [-0.3, -0.25) is 0 Å². The second kappa shape index (κ2) is 6.96. The molecular formula is C18H23NS. The van der Waals surface area contributed by atoms with Gasteiger partial charge in [-0.05, 0) is 31.9 Å². The Balaban J connectivity index is 2.07. The normalized spacial score (nSPS) is 12.4. The summed E-state index contributed by atoms with van der Waals surface area (Å²) in [7, 11) is 0. The molecule has 0 radical (unpaired) electrons. The third-order valence-electron chi connectivity index (χ3n) is 3.36. The Labute approximate surface area is 126 Å². The Kier molecular flexibility index (Phi) is 5.27. The molecule has 2 rings (SSSR count). The van der Waals surface area contributed by atoms with Crippen molar-refractivity contribution in [3.8, 4) is 0 Å². The Hall–Kier alpha value is -1.25. The molecule has 2 aromatic rings. The zero-order valence-corrected chi connectivity index (χ0v) is 13.3. The zero-order chi connectivity index (χ0) is 14.5. The second-order valence-electron chi connectivity index (χ2n) is 5.45. The van der Waals surface area contributed by atoms with Crippen molar-refractivity contribution in [1.29, 1.82) is 0 Å². The van der Waals surface area contributed by atoms with Crippen LogP contribution in [0.15, 0.2) is 42.5 Å². The number of rotatable bonds is 5. The highest BCUT2D eigenvalue weighted by Crippen LogP contribution is 2.31. The Bertz CT molecular complexity index is 557. The van der Waals surface area contributed by atoms with Crippen molar-refractivity contribution in [3.63, 3.8) is 0 Å². The predicted octanol–water partition coefficient (Wildman–Crippen LogP) is 4.55. The third-order valence-corrected chi connectivity index (χ3v) is 4.73. The van der Waals surface area contributed by atoms with Crippen LogP contribution in [0.2, 0.25) is 0 Å². The van der Waals surface area contributed by atoms with Crippen LogP contribution in [0, 0.1) is 20.8 Å². The summed E-state index contributed by atoms with van der Waals surface area (Å²) in [5, 5.41) is 0.371. The molecule has 0 saturated carbocycles. The van der Waals surface area contributed by atoms with Gasteiger partial charge in [0.2, 0.25) is 0 Å². The first-order chi connectivity index (χ1) is 9.58. The third kappa shape index (κ3) is 4.12. The molecule has 106 valence electrons. The van der Waals surface area contributed by atoms with Gasteiger partial charge in [-0.15, -0.1) is 11.8 Å². The Morgan fingerprint density at radius 2 is 1.65 bits per heavy atom. The fourth-order valence-corrected chi connectivity index (χ4v) is 3.56. The largest absolute Gasteiger partial charge is 0.329 e. The Morgan fingerprint density at radius 3 is 2.25 bits per heavy atom. The average Bonchev–Trinajstić information content (AvgIpc) is 2.38. The van der Waals surface area contributed by atoms with Gasteiger partial charge in [0.15, 0.2) is 0 Å². The molecule has 0 amide bonds. The first-order valence-electron chi connectivity index (χ1n) is 7.04. The molecule has 0 spiro atoms. The minimum Gasteiger partial charge on any atom is -0.329 e. The molecule has 0 heterocycles. The smallest absolute Gasteiger partial charge is 0.0423 e. The van der Waals surface area contributed by atoms with E-state index in [0.717, 1.165) is 5.75 Å². The number of hydrogen-bond donors (Lipinski definition) is 1. The molecule has 2 aromatic carbocycles. The van der Waals surface area contributed by atoms with Gasteiger partial charge in [0.05, 0.1) is 0 Å². The van der Waals surface area contributed by atoms with E-state index in [1.807, 2.05) is 11.8 Å². The summed E-state index contributed by atoms with van der Waals surface area (Å²) < 4.78 is 0. The van der Waals surface area contributed by atoms with Crippen LogP contribution in [0.4, 0.5) is 0 Å². The van der Waals surface area contributed by atoms with E-state index in [1.54, 1.807) is 0 Å². The fourth-order valence-electron chi connectivity index (χ4n) is 2.52. The summed E-state index contributed by atoms with van der Waals surface area (Å²) in [6.07, 6.45) is 0. The topological polar surface area (TPSA) is 26.0 Å². The first kappa shape index (κ1) is 15.1. The number of hydrogen-bond acceptors (Lipinski definition) is 2. The van der Waals surface area contributed by atoms with Crippen LogP contribution in [0.1, 0.15) is 33.1 Å². The SMILES string of the molecule is Cc1cc(C)cc(CSC(CN)c2cccc(C)c2)c1. The van der Waals surface area contributed by atoms with E-state index in [-0.39, 0.29) is 0 Å². The number of nitrogens with two attached hydrogens (primary N) is 1. The van der Waals surface area contributed by atoms with Gasteiger partial charge < -0.3 is 5.73 Å². The van der Waals surface area contributed by atoms with E-state index in [2.05, 4.69) is 63.2 Å². The molecule has 1 nitrogen and oxygen atoms in total. The standard InChI is InChI=1S/C18H23NS/c1-13-5-4-6-17(10-13)18(11-19)20-12-16-8-14(2)7-15(3)9-16/h4-10,18H,11-12,19H2,1-3H3. The molecule has 1 atom stereocenters. The van der Waals surface area contributed by atoms with Gasteiger partial charge >= 0.3 is 0 Å². The van der Waals surface area contributed by atoms with Gasteiger partial charge in [0.1, 0.15) is 0 Å². The minimum atomic E-state index is 0.371. The van der Waals surface area contributed by atoms with Crippen LogP contribution < -0.4 is 5.73 Å². The van der Waals surface area contributed by atoms with Gasteiger partial charge in [0, 0.05) is 17.5 Å². The van der Waals surface area contributed by atoms with E-state index >= 15 is 0 Å². The molecule has 2 heteroatoms. The van der Waals surface area contributed by atoms with Crippen LogP contribution in [-0.2, 0) is 5.75 Å². The van der Waals surface area contributed by atoms with Crippen molar-refractivity contribution >= 4 is 11.8 Å². The summed E-state index contributed by atoms with van der Waals surface area (Å²) in [4.78, 5) is 0. The lowest BCUT2D eigenvalue weighted by molar-refractivity contribution is 0.938. The van der Waals surface area contributed by atoms with Crippen molar-refractivity contribution in [2.75, 3.05) is 6.54 Å². The predicted molar refractivity (Wildman–Crippen MR) is 90.2 cm³/mol. The molecule has 0 aliphatic heterocycles. The first-order valence-corrected chi connectivity index (χ1v) is 8.09.